The van der Waals surface area contributed by atoms with Crippen LogP contribution in [-0.2, 0) is 66.4 Å². The van der Waals surface area contributed by atoms with Crippen LogP contribution in [-0.4, -0.2) is 323 Å². The fourth-order valence-electron chi connectivity index (χ4n) is 7.89. The van der Waals surface area contributed by atoms with E-state index < -0.39 is 218 Å². The van der Waals surface area contributed by atoms with Crippen molar-refractivity contribution in [3.05, 3.63) is 0 Å². The summed E-state index contributed by atoms with van der Waals surface area (Å²) in [5, 5.41) is 187. The van der Waals surface area contributed by atoms with Crippen molar-refractivity contribution in [1.82, 2.24) is 0 Å². The van der Waals surface area contributed by atoms with Crippen LogP contribution in [0.3, 0.4) is 0 Å². The van der Waals surface area contributed by atoms with Gasteiger partial charge < -0.3 is 149 Å². The Morgan fingerprint density at radius 3 is 0.812 bits per heavy atom. The van der Waals surface area contributed by atoms with Crippen LogP contribution in [0.2, 0.25) is 0 Å². The molecule has 0 spiro atoms. The van der Waals surface area contributed by atoms with Crippen molar-refractivity contribution in [3.63, 3.8) is 0 Å². The van der Waals surface area contributed by atoms with Gasteiger partial charge in [-0.3, -0.25) is 0 Å². The summed E-state index contributed by atoms with van der Waals surface area (Å²) in [5.74, 6) is 0. The third-order valence-corrected chi connectivity index (χ3v) is 12.2. The quantitative estimate of drug-likeness (QED) is 0.0682. The number of aliphatic hydroxyl groups is 18. The molecular weight excluding hydrogens is 956 g/mol. The molecule has 402 valence electrons. The number of aliphatic hydroxyl groups excluding tert-OH is 18. The summed E-state index contributed by atoms with van der Waals surface area (Å²) < 4.78 is 65.2. The first-order valence-corrected chi connectivity index (χ1v) is 21.3. The number of hydrogen-bond donors (Lipinski definition) is 18. The average Bonchev–Trinajstić information content (AvgIpc) is 3.33. The molecule has 6 heterocycles. The smallest absolute Gasteiger partial charge is 0.373 e. The molecule has 0 saturated carbocycles. The minimum atomic E-state index is -1.99. The van der Waals surface area contributed by atoms with E-state index in [1.807, 2.05) is 0 Å². The number of methoxy groups -OCH3 is 1. The van der Waals surface area contributed by atoms with Gasteiger partial charge in [-0.25, -0.2) is 0 Å². The van der Waals surface area contributed by atoms with Crippen LogP contribution in [0.25, 0.3) is 0 Å². The highest BCUT2D eigenvalue weighted by molar-refractivity contribution is 5.20. The molecule has 6 aliphatic rings. The van der Waals surface area contributed by atoms with Gasteiger partial charge in [0.05, 0.1) is 39.6 Å². The lowest BCUT2D eigenvalue weighted by Gasteiger charge is -2.44. The van der Waals surface area contributed by atoms with Gasteiger partial charge in [0.1, 0.15) is 140 Å². The highest BCUT2D eigenvalue weighted by atomic mass is 16.8. The molecule has 0 radical (unpaired) electrons. The molecule has 0 aromatic rings. The van der Waals surface area contributed by atoms with E-state index in [1.165, 1.54) is 7.11 Å². The molecule has 0 unspecified atom stereocenters. The largest absolute Gasteiger partial charge is 0.388 e. The molecule has 32 nitrogen and oxygen atoms in total. The van der Waals surface area contributed by atoms with Crippen LogP contribution in [0.4, 0.5) is 0 Å². The van der Waals surface area contributed by atoms with Crippen molar-refractivity contribution in [1.29, 1.82) is 0 Å². The minimum Gasteiger partial charge on any atom is -0.388 e. The monoisotopic (exact) mass is 1020 g/mol. The Kier molecular flexibility index (Phi) is 21.8. The Morgan fingerprint density at radius 2 is 0.551 bits per heavy atom. The van der Waals surface area contributed by atoms with Gasteiger partial charge in [-0.05, 0) is 0 Å². The summed E-state index contributed by atoms with van der Waals surface area (Å²) in [4.78, 5) is 16.2. The SMILES string of the molecule is CO[C@H]1O[C@H](CO[C@@H]2O[C@H](CO[C@@H]3O[C@H](CO[C@@H]4O[C@H](CO[C@@H]5O[C@H](CO[C@@H]6OC[C@@H](O)[C@H](O)[C@H]6O)[C@@H](O)[C@H](O)[C@H]5O)[C@@H](O)[C@H](O)[C@H]4O)[C@@H](O)[C@H](O)[C@H]3O)[C@@H](O)[C@H](O)[C@H]2O)[C@@H](O)[C@H](O)[C@H]1O.O=C=O. The van der Waals surface area contributed by atoms with Gasteiger partial charge in [0.15, 0.2) is 37.7 Å². The second-order valence-corrected chi connectivity index (χ2v) is 16.8. The second-order valence-electron chi connectivity index (χ2n) is 16.8. The number of ether oxygens (including phenoxy) is 12. The maximum atomic E-state index is 10.7. The molecule has 0 aliphatic carbocycles. The molecule has 0 aromatic carbocycles. The lowest BCUT2D eigenvalue weighted by molar-refractivity contribution is -0.351. The first kappa shape index (κ1) is 58.1. The molecule has 6 aliphatic heterocycles. The Hall–Kier alpha value is -1.82. The first-order valence-electron chi connectivity index (χ1n) is 21.3. The normalized spacial score (nSPS) is 50.7. The van der Waals surface area contributed by atoms with E-state index in [-0.39, 0.29) is 6.15 Å². The van der Waals surface area contributed by atoms with Crippen LogP contribution in [0.5, 0.6) is 0 Å². The van der Waals surface area contributed by atoms with Gasteiger partial charge in [-0.1, -0.05) is 0 Å². The van der Waals surface area contributed by atoms with Crippen molar-refractivity contribution in [2.45, 2.75) is 178 Å². The van der Waals surface area contributed by atoms with Gasteiger partial charge >= 0.3 is 6.15 Å². The zero-order valence-corrected chi connectivity index (χ0v) is 36.3. The van der Waals surface area contributed by atoms with E-state index in [0.29, 0.717) is 0 Å². The molecule has 0 bridgehead atoms. The lowest BCUT2D eigenvalue weighted by atomic mass is 9.97. The van der Waals surface area contributed by atoms with E-state index in [2.05, 4.69) is 0 Å². The average molecular weight is 1020 g/mol. The van der Waals surface area contributed by atoms with Crippen molar-refractivity contribution in [2.75, 3.05) is 46.8 Å². The summed E-state index contributed by atoms with van der Waals surface area (Å²) in [6.45, 7) is -3.87. The highest BCUT2D eigenvalue weighted by Crippen LogP contribution is 2.31. The fraction of sp³-hybridized carbons (Fsp3) is 0.973. The summed E-state index contributed by atoms with van der Waals surface area (Å²) >= 11 is 0. The summed E-state index contributed by atoms with van der Waals surface area (Å²) in [6, 6.07) is 0. The van der Waals surface area contributed by atoms with Gasteiger partial charge in [0.2, 0.25) is 0 Å². The predicted molar refractivity (Wildman–Crippen MR) is 203 cm³/mol. The maximum Gasteiger partial charge on any atom is 0.373 e. The number of rotatable bonds is 16. The van der Waals surface area contributed by atoms with E-state index in [0.717, 1.165) is 0 Å². The Balaban J connectivity index is 0.00000288. The van der Waals surface area contributed by atoms with Crippen molar-refractivity contribution >= 4 is 6.15 Å². The topological polar surface area (TPSA) is 509 Å². The molecule has 6 rings (SSSR count). The number of carbonyl (C=O) groups excluding carboxylic acids is 2. The molecule has 0 aromatic heterocycles. The van der Waals surface area contributed by atoms with E-state index >= 15 is 0 Å². The van der Waals surface area contributed by atoms with Gasteiger partial charge in [-0.2, -0.15) is 9.59 Å². The molecule has 18 N–H and O–H groups in total. The number of hydrogen-bond acceptors (Lipinski definition) is 32. The molecule has 32 heteroatoms. The van der Waals surface area contributed by atoms with E-state index in [4.69, 9.17) is 66.4 Å². The molecule has 0 amide bonds. The summed E-state index contributed by atoms with van der Waals surface area (Å²) in [7, 11) is 1.17. The summed E-state index contributed by atoms with van der Waals surface area (Å²) in [5.41, 5.74) is 0. The minimum absolute atomic E-state index is 0.250. The Labute approximate surface area is 389 Å². The third kappa shape index (κ3) is 13.5. The lowest BCUT2D eigenvalue weighted by Crippen LogP contribution is -2.63. The van der Waals surface area contributed by atoms with Crippen LogP contribution < -0.4 is 0 Å². The third-order valence-electron chi connectivity index (χ3n) is 12.2. The maximum absolute atomic E-state index is 10.7. The van der Waals surface area contributed by atoms with Gasteiger partial charge in [0, 0.05) is 7.11 Å². The molecule has 29 atom stereocenters. The highest BCUT2D eigenvalue weighted by Gasteiger charge is 2.52. The van der Waals surface area contributed by atoms with Crippen molar-refractivity contribution in [2.24, 2.45) is 0 Å². The van der Waals surface area contributed by atoms with E-state index in [9.17, 15) is 91.9 Å². The summed E-state index contributed by atoms with van der Waals surface area (Å²) in [6.07, 6.45) is -49.9. The Morgan fingerprint density at radius 1 is 0.333 bits per heavy atom. The molecule has 6 saturated heterocycles. The van der Waals surface area contributed by atoms with Crippen LogP contribution >= 0.6 is 0 Å². The zero-order valence-electron chi connectivity index (χ0n) is 36.3. The molecular formula is C37H62O32. The second kappa shape index (κ2) is 25.9. The van der Waals surface area contributed by atoms with E-state index in [1.54, 1.807) is 0 Å². The molecule has 6 fully saturated rings. The zero-order chi connectivity index (χ0) is 51.2. The van der Waals surface area contributed by atoms with Crippen LogP contribution in [0, 0.1) is 0 Å². The molecule has 69 heavy (non-hydrogen) atoms. The van der Waals surface area contributed by atoms with Crippen LogP contribution in [0.15, 0.2) is 0 Å². The predicted octanol–water partition coefficient (Wildman–Crippen LogP) is -13.4. The van der Waals surface area contributed by atoms with Gasteiger partial charge in [-0.15, -0.1) is 0 Å². The fourth-order valence-corrected chi connectivity index (χ4v) is 7.89. The standard InChI is InChI=1S/C36H62O30.CO2/c1-55-31-26(50)20(44)15(39)9(62-31)4-58-33-28(52)22(46)17(41)11(64-33)6-60-35-30(54)24(48)19(43)13(66-35)7-61-36-29(53)23(47)18(42)12(65-36)5-59-34-27(51)21(45)16(40)10(63-34)3-57-32-25(49)14(38)8(37)2-56-32;2-1-3/h8-54H,2-7H2,1H3;/t8-,9-,10-,11-,12-,13-,14+,15-,16-,17-,18-,19-,20+,21+,22+,23+,24+,25-,26-,27-,28-,29-,30-,31+,32+,33-,34-,35-,36-;/m1./s1. The Bertz CT molecular complexity index is 1570. The first-order chi connectivity index (χ1) is 32.6. The van der Waals surface area contributed by atoms with Gasteiger partial charge in [0.25, 0.3) is 0 Å². The van der Waals surface area contributed by atoms with Crippen LogP contribution in [0.1, 0.15) is 0 Å². The van der Waals surface area contributed by atoms with Crippen molar-refractivity contribution < 1.29 is 158 Å². The van der Waals surface area contributed by atoms with Crippen molar-refractivity contribution in [3.8, 4) is 0 Å².